The maximum atomic E-state index is 12.6. The van der Waals surface area contributed by atoms with Gasteiger partial charge in [0.25, 0.3) is 5.91 Å². The molecule has 0 aliphatic heterocycles. The van der Waals surface area contributed by atoms with Crippen molar-refractivity contribution in [1.29, 1.82) is 0 Å². The van der Waals surface area contributed by atoms with E-state index in [0.717, 1.165) is 10.9 Å². The largest absolute Gasteiger partial charge is 0.334 e. The van der Waals surface area contributed by atoms with Gasteiger partial charge in [-0.3, -0.25) is 9.48 Å². The van der Waals surface area contributed by atoms with Crippen molar-refractivity contribution < 1.29 is 4.79 Å². The van der Waals surface area contributed by atoms with Crippen molar-refractivity contribution in [2.24, 2.45) is 7.05 Å². The van der Waals surface area contributed by atoms with Gasteiger partial charge in [0.05, 0.1) is 5.52 Å². The number of alkyl halides is 1. The lowest BCUT2D eigenvalue weighted by molar-refractivity contribution is 0.0658. The Morgan fingerprint density at radius 3 is 2.68 bits per heavy atom. The second-order valence-corrected chi connectivity index (χ2v) is 5.86. The van der Waals surface area contributed by atoms with Crippen LogP contribution in [0.4, 0.5) is 0 Å². The lowest BCUT2D eigenvalue weighted by Crippen LogP contribution is -2.46. The van der Waals surface area contributed by atoms with E-state index in [1.807, 2.05) is 52.2 Å². The highest BCUT2D eigenvalue weighted by Gasteiger charge is 2.29. The molecular formula is C14H18BrN3O. The van der Waals surface area contributed by atoms with Gasteiger partial charge in [-0.25, -0.2) is 0 Å². The third-order valence-electron chi connectivity index (χ3n) is 3.50. The lowest BCUT2D eigenvalue weighted by Gasteiger charge is -2.33. The fourth-order valence-corrected chi connectivity index (χ4v) is 2.27. The lowest BCUT2D eigenvalue weighted by atomic mass is 10.1. The van der Waals surface area contributed by atoms with E-state index in [-0.39, 0.29) is 11.4 Å². The summed E-state index contributed by atoms with van der Waals surface area (Å²) in [5, 5.41) is 5.98. The Hall–Kier alpha value is -1.36. The number of halogens is 1. The molecule has 2 aromatic rings. The molecule has 1 aromatic carbocycles. The van der Waals surface area contributed by atoms with Gasteiger partial charge in [0.1, 0.15) is 0 Å². The number of para-hydroxylation sites is 1. The molecule has 0 aliphatic carbocycles. The van der Waals surface area contributed by atoms with Crippen LogP contribution in [-0.4, -0.2) is 38.5 Å². The summed E-state index contributed by atoms with van der Waals surface area (Å²) in [7, 11) is 3.67. The van der Waals surface area contributed by atoms with Crippen LogP contribution in [0.3, 0.4) is 0 Å². The highest BCUT2D eigenvalue weighted by molar-refractivity contribution is 9.09. The van der Waals surface area contributed by atoms with Gasteiger partial charge in [-0.2, -0.15) is 5.10 Å². The molecule has 0 fully saturated rings. The van der Waals surface area contributed by atoms with Crippen LogP contribution in [0.15, 0.2) is 24.3 Å². The second-order valence-electron chi connectivity index (χ2n) is 5.30. The quantitative estimate of drug-likeness (QED) is 0.814. The van der Waals surface area contributed by atoms with Gasteiger partial charge >= 0.3 is 0 Å². The number of aryl methyl sites for hydroxylation is 1. The van der Waals surface area contributed by atoms with Crippen LogP contribution in [0.25, 0.3) is 10.9 Å². The molecule has 1 amide bonds. The standard InChI is InChI=1S/C14H18BrN3O/c1-14(2,9-15)17(3)13(19)12-10-7-5-6-8-11(10)18(4)16-12/h5-8H,9H2,1-4H3. The topological polar surface area (TPSA) is 38.1 Å². The Kier molecular flexibility index (Phi) is 3.67. The molecule has 0 aliphatic rings. The smallest absolute Gasteiger partial charge is 0.275 e. The van der Waals surface area contributed by atoms with Crippen LogP contribution in [0.5, 0.6) is 0 Å². The molecule has 0 atom stereocenters. The Bertz CT molecular complexity index is 618. The molecule has 19 heavy (non-hydrogen) atoms. The first kappa shape index (κ1) is 14.1. The van der Waals surface area contributed by atoms with E-state index in [1.165, 1.54) is 0 Å². The summed E-state index contributed by atoms with van der Waals surface area (Å²) >= 11 is 3.45. The monoisotopic (exact) mass is 323 g/mol. The fourth-order valence-electron chi connectivity index (χ4n) is 1.90. The van der Waals surface area contributed by atoms with Crippen molar-refractivity contribution in [1.82, 2.24) is 14.7 Å². The van der Waals surface area contributed by atoms with E-state index < -0.39 is 0 Å². The van der Waals surface area contributed by atoms with Crippen molar-refractivity contribution >= 4 is 32.7 Å². The third-order valence-corrected chi connectivity index (χ3v) is 4.87. The maximum absolute atomic E-state index is 12.6. The van der Waals surface area contributed by atoms with E-state index in [9.17, 15) is 4.79 Å². The molecule has 0 saturated heterocycles. The summed E-state index contributed by atoms with van der Waals surface area (Å²) < 4.78 is 1.75. The molecule has 1 aromatic heterocycles. The summed E-state index contributed by atoms with van der Waals surface area (Å²) in [5.41, 5.74) is 1.22. The fraction of sp³-hybridized carbons (Fsp3) is 0.429. The van der Waals surface area contributed by atoms with Gasteiger partial charge in [0, 0.05) is 30.4 Å². The van der Waals surface area contributed by atoms with E-state index in [4.69, 9.17) is 0 Å². The minimum atomic E-state index is -0.254. The Balaban J connectivity index is 2.48. The van der Waals surface area contributed by atoms with Gasteiger partial charge < -0.3 is 4.90 Å². The minimum absolute atomic E-state index is 0.0544. The van der Waals surface area contributed by atoms with Crippen LogP contribution >= 0.6 is 15.9 Å². The minimum Gasteiger partial charge on any atom is -0.334 e. The molecule has 0 bridgehead atoms. The molecule has 1 heterocycles. The number of hydrogen-bond donors (Lipinski definition) is 0. The molecule has 5 heteroatoms. The van der Waals surface area contributed by atoms with Crippen LogP contribution in [-0.2, 0) is 7.05 Å². The number of fused-ring (bicyclic) bond motifs is 1. The predicted molar refractivity (Wildman–Crippen MR) is 80.7 cm³/mol. The Morgan fingerprint density at radius 1 is 1.42 bits per heavy atom. The predicted octanol–water partition coefficient (Wildman–Crippen LogP) is 2.82. The number of nitrogens with zero attached hydrogens (tertiary/aromatic N) is 3. The zero-order chi connectivity index (χ0) is 14.2. The summed E-state index contributed by atoms with van der Waals surface area (Å²) in [6, 6.07) is 7.78. The SMILES string of the molecule is CN(C(=O)c1nn(C)c2ccccc12)C(C)(C)CBr. The van der Waals surface area contributed by atoms with Crippen LogP contribution in [0, 0.1) is 0 Å². The normalized spacial score (nSPS) is 11.8. The van der Waals surface area contributed by atoms with Crippen molar-refractivity contribution in [2.45, 2.75) is 19.4 Å². The summed E-state index contributed by atoms with van der Waals surface area (Å²) in [6.45, 7) is 4.04. The van der Waals surface area contributed by atoms with Gasteiger partial charge in [-0.1, -0.05) is 34.1 Å². The van der Waals surface area contributed by atoms with Crippen molar-refractivity contribution in [3.05, 3.63) is 30.0 Å². The maximum Gasteiger partial charge on any atom is 0.275 e. The molecule has 0 radical (unpaired) electrons. The summed E-state index contributed by atoms with van der Waals surface area (Å²) in [6.07, 6.45) is 0. The number of aromatic nitrogens is 2. The van der Waals surface area contributed by atoms with Gasteiger partial charge in [-0.05, 0) is 19.9 Å². The summed E-state index contributed by atoms with van der Waals surface area (Å²) in [4.78, 5) is 14.3. The van der Waals surface area contributed by atoms with Crippen molar-refractivity contribution in [3.8, 4) is 0 Å². The average molecular weight is 324 g/mol. The highest BCUT2D eigenvalue weighted by Crippen LogP contribution is 2.22. The molecule has 102 valence electrons. The van der Waals surface area contributed by atoms with E-state index >= 15 is 0 Å². The molecule has 4 nitrogen and oxygen atoms in total. The first-order chi connectivity index (χ1) is 8.88. The third kappa shape index (κ3) is 2.39. The Labute approximate surface area is 121 Å². The van der Waals surface area contributed by atoms with Crippen molar-refractivity contribution in [2.75, 3.05) is 12.4 Å². The first-order valence-electron chi connectivity index (χ1n) is 6.14. The highest BCUT2D eigenvalue weighted by atomic mass is 79.9. The molecular weight excluding hydrogens is 306 g/mol. The van der Waals surface area contributed by atoms with Gasteiger partial charge in [-0.15, -0.1) is 0 Å². The Morgan fingerprint density at radius 2 is 2.05 bits per heavy atom. The number of carbonyl (C=O) groups is 1. The first-order valence-corrected chi connectivity index (χ1v) is 7.26. The number of hydrogen-bond acceptors (Lipinski definition) is 2. The molecule has 0 saturated carbocycles. The van der Waals surface area contributed by atoms with E-state index in [1.54, 1.807) is 9.58 Å². The zero-order valence-corrected chi connectivity index (χ0v) is 13.2. The van der Waals surface area contributed by atoms with E-state index in [2.05, 4.69) is 21.0 Å². The number of benzene rings is 1. The number of rotatable bonds is 3. The zero-order valence-electron chi connectivity index (χ0n) is 11.6. The van der Waals surface area contributed by atoms with Crippen LogP contribution < -0.4 is 0 Å². The van der Waals surface area contributed by atoms with Crippen LogP contribution in [0.1, 0.15) is 24.3 Å². The molecule has 0 N–H and O–H groups in total. The average Bonchev–Trinajstić information content (AvgIpc) is 2.75. The van der Waals surface area contributed by atoms with Gasteiger partial charge in [0.15, 0.2) is 5.69 Å². The van der Waals surface area contributed by atoms with Crippen molar-refractivity contribution in [3.63, 3.8) is 0 Å². The molecule has 0 spiro atoms. The number of carbonyl (C=O) groups excluding carboxylic acids is 1. The second kappa shape index (κ2) is 4.96. The summed E-state index contributed by atoms with van der Waals surface area (Å²) in [5.74, 6) is -0.0544. The molecule has 2 rings (SSSR count). The van der Waals surface area contributed by atoms with Gasteiger partial charge in [0.2, 0.25) is 0 Å². The number of amides is 1. The molecule has 0 unspecified atom stereocenters. The van der Waals surface area contributed by atoms with Crippen LogP contribution in [0.2, 0.25) is 0 Å². The van der Waals surface area contributed by atoms with E-state index in [0.29, 0.717) is 11.0 Å².